The smallest absolute Gasteiger partial charge is 0.147 e. The zero-order valence-electron chi connectivity index (χ0n) is 12.9. The fourth-order valence-corrected chi connectivity index (χ4v) is 4.29. The van der Waals surface area contributed by atoms with E-state index in [9.17, 15) is 0 Å². The molecule has 4 heterocycles. The van der Waals surface area contributed by atoms with Crippen molar-refractivity contribution in [1.82, 2.24) is 19.9 Å². The van der Waals surface area contributed by atoms with E-state index in [1.807, 2.05) is 6.20 Å². The highest BCUT2D eigenvalue weighted by atomic mass is 32.1. The number of nitrogens with zero attached hydrogens (tertiary/aromatic N) is 5. The van der Waals surface area contributed by atoms with Crippen molar-refractivity contribution in [2.24, 2.45) is 0 Å². The Labute approximate surface area is 135 Å². The summed E-state index contributed by atoms with van der Waals surface area (Å²) < 4.78 is 0. The van der Waals surface area contributed by atoms with Gasteiger partial charge in [-0.25, -0.2) is 9.97 Å². The molecule has 2 aliphatic heterocycles. The minimum atomic E-state index is 0.399. The van der Waals surface area contributed by atoms with Crippen LogP contribution >= 0.6 is 11.3 Å². The van der Waals surface area contributed by atoms with Crippen molar-refractivity contribution < 1.29 is 0 Å². The maximum atomic E-state index is 4.62. The molecule has 22 heavy (non-hydrogen) atoms. The van der Waals surface area contributed by atoms with Gasteiger partial charge >= 0.3 is 0 Å². The normalized spacial score (nSPS) is 21.0. The molecule has 0 atom stereocenters. The molecule has 2 aliphatic rings. The summed E-state index contributed by atoms with van der Waals surface area (Å²) in [6.07, 6.45) is 9.14. The quantitative estimate of drug-likeness (QED) is 0.871. The largest absolute Gasteiger partial charge is 0.355 e. The van der Waals surface area contributed by atoms with E-state index >= 15 is 0 Å². The van der Waals surface area contributed by atoms with Crippen LogP contribution in [-0.2, 0) is 6.54 Å². The van der Waals surface area contributed by atoms with Gasteiger partial charge in [0.2, 0.25) is 0 Å². The highest BCUT2D eigenvalue weighted by Gasteiger charge is 2.46. The van der Waals surface area contributed by atoms with Crippen LogP contribution in [0.5, 0.6) is 0 Å². The maximum Gasteiger partial charge on any atom is 0.147 e. The molecule has 1 spiro atoms. The molecular weight excluding hydrogens is 294 g/mol. The van der Waals surface area contributed by atoms with Gasteiger partial charge in [-0.3, -0.25) is 9.88 Å². The second kappa shape index (κ2) is 5.59. The van der Waals surface area contributed by atoms with E-state index in [2.05, 4.69) is 37.1 Å². The number of piperidine rings is 1. The van der Waals surface area contributed by atoms with Crippen LogP contribution in [-0.4, -0.2) is 45.0 Å². The number of rotatable bonds is 3. The molecule has 0 bridgehead atoms. The van der Waals surface area contributed by atoms with Crippen molar-refractivity contribution >= 4 is 17.2 Å². The lowest BCUT2D eigenvalue weighted by Gasteiger charge is -2.56. The van der Waals surface area contributed by atoms with Crippen molar-refractivity contribution in [3.63, 3.8) is 0 Å². The van der Waals surface area contributed by atoms with Gasteiger partial charge in [-0.15, -0.1) is 11.3 Å². The monoisotopic (exact) mass is 315 g/mol. The van der Waals surface area contributed by atoms with E-state index in [1.54, 1.807) is 23.7 Å². The number of anilines is 1. The van der Waals surface area contributed by atoms with Crippen LogP contribution in [0.3, 0.4) is 0 Å². The van der Waals surface area contributed by atoms with Crippen molar-refractivity contribution in [1.29, 1.82) is 0 Å². The van der Waals surface area contributed by atoms with E-state index in [0.29, 0.717) is 5.54 Å². The van der Waals surface area contributed by atoms with Crippen LogP contribution in [0.25, 0.3) is 0 Å². The van der Waals surface area contributed by atoms with Crippen LogP contribution in [0.2, 0.25) is 0 Å². The van der Waals surface area contributed by atoms with Gasteiger partial charge in [0, 0.05) is 49.5 Å². The first-order valence-electron chi connectivity index (χ1n) is 7.92. The Morgan fingerprint density at radius 2 is 2.00 bits per heavy atom. The zero-order chi connectivity index (χ0) is 15.0. The van der Waals surface area contributed by atoms with Crippen LogP contribution in [0, 0.1) is 6.92 Å². The zero-order valence-corrected chi connectivity index (χ0v) is 13.7. The van der Waals surface area contributed by atoms with Gasteiger partial charge in [-0.2, -0.15) is 0 Å². The van der Waals surface area contributed by atoms with Crippen molar-refractivity contribution in [3.05, 3.63) is 34.7 Å². The van der Waals surface area contributed by atoms with Crippen molar-refractivity contribution in [3.8, 4) is 0 Å². The fraction of sp³-hybridized carbons (Fsp3) is 0.562. The molecule has 2 saturated heterocycles. The van der Waals surface area contributed by atoms with Gasteiger partial charge in [-0.05, 0) is 26.2 Å². The van der Waals surface area contributed by atoms with Gasteiger partial charge in [0.1, 0.15) is 5.82 Å². The van der Waals surface area contributed by atoms with E-state index in [0.717, 1.165) is 25.5 Å². The number of likely N-dealkylation sites (tertiary alicyclic amines) is 1. The van der Waals surface area contributed by atoms with E-state index in [4.69, 9.17) is 0 Å². The molecular formula is C16H21N5S. The average molecular weight is 315 g/mol. The SMILES string of the molecule is Cc1nc(CN2CCC23CCN(c2cnccn2)CC3)cs1. The number of hydrogen-bond donors (Lipinski definition) is 0. The third-order valence-electron chi connectivity index (χ3n) is 5.11. The number of aromatic nitrogens is 3. The Morgan fingerprint density at radius 1 is 1.18 bits per heavy atom. The Balaban J connectivity index is 1.40. The fourth-order valence-electron chi connectivity index (χ4n) is 3.68. The molecule has 0 aliphatic carbocycles. The second-order valence-corrected chi connectivity index (χ2v) is 7.37. The van der Waals surface area contributed by atoms with Gasteiger partial charge < -0.3 is 4.90 Å². The van der Waals surface area contributed by atoms with Crippen LogP contribution in [0.1, 0.15) is 30.0 Å². The van der Waals surface area contributed by atoms with E-state index < -0.39 is 0 Å². The molecule has 6 heteroatoms. The lowest BCUT2D eigenvalue weighted by Crippen LogP contribution is -2.63. The summed E-state index contributed by atoms with van der Waals surface area (Å²) in [5.41, 5.74) is 1.63. The summed E-state index contributed by atoms with van der Waals surface area (Å²) in [6, 6.07) is 0. The molecule has 5 nitrogen and oxygen atoms in total. The molecule has 116 valence electrons. The van der Waals surface area contributed by atoms with Gasteiger partial charge in [0.25, 0.3) is 0 Å². The first-order chi connectivity index (χ1) is 10.8. The molecule has 0 aromatic carbocycles. The molecule has 2 fully saturated rings. The lowest BCUT2D eigenvalue weighted by molar-refractivity contribution is -0.0406. The summed E-state index contributed by atoms with van der Waals surface area (Å²) >= 11 is 1.75. The summed E-state index contributed by atoms with van der Waals surface area (Å²) in [6.45, 7) is 6.45. The Morgan fingerprint density at radius 3 is 2.59 bits per heavy atom. The third-order valence-corrected chi connectivity index (χ3v) is 5.93. The van der Waals surface area contributed by atoms with Crippen molar-refractivity contribution in [2.45, 2.75) is 38.3 Å². The summed E-state index contributed by atoms with van der Waals surface area (Å²) in [5.74, 6) is 1.01. The minimum absolute atomic E-state index is 0.399. The standard InChI is InChI=1S/C16H21N5S/c1-13-19-14(12-22-13)11-21-9-4-16(21)2-7-20(8-3-16)15-10-17-5-6-18-15/h5-6,10,12H,2-4,7-9,11H2,1H3. The predicted octanol–water partition coefficient (Wildman–Crippen LogP) is 2.49. The Hall–Kier alpha value is -1.53. The molecule has 0 saturated carbocycles. The van der Waals surface area contributed by atoms with E-state index in [1.165, 1.54) is 36.5 Å². The lowest BCUT2D eigenvalue weighted by atomic mass is 9.76. The molecule has 2 aromatic heterocycles. The molecule has 0 N–H and O–H groups in total. The van der Waals surface area contributed by atoms with Crippen LogP contribution in [0.15, 0.2) is 24.0 Å². The van der Waals surface area contributed by atoms with Gasteiger partial charge in [0.05, 0.1) is 16.9 Å². The van der Waals surface area contributed by atoms with Crippen LogP contribution in [0.4, 0.5) is 5.82 Å². The number of hydrogen-bond acceptors (Lipinski definition) is 6. The number of thiazole rings is 1. The van der Waals surface area contributed by atoms with Crippen LogP contribution < -0.4 is 4.90 Å². The van der Waals surface area contributed by atoms with Crippen molar-refractivity contribution in [2.75, 3.05) is 24.5 Å². The molecule has 0 amide bonds. The first-order valence-corrected chi connectivity index (χ1v) is 8.80. The summed E-state index contributed by atoms with van der Waals surface area (Å²) in [7, 11) is 0. The highest BCUT2D eigenvalue weighted by molar-refractivity contribution is 7.09. The second-order valence-electron chi connectivity index (χ2n) is 6.30. The summed E-state index contributed by atoms with van der Waals surface area (Å²) in [5, 5.41) is 3.37. The highest BCUT2D eigenvalue weighted by Crippen LogP contribution is 2.41. The van der Waals surface area contributed by atoms with E-state index in [-0.39, 0.29) is 0 Å². The summed E-state index contributed by atoms with van der Waals surface area (Å²) in [4.78, 5) is 18.2. The topological polar surface area (TPSA) is 45.2 Å². The molecule has 0 radical (unpaired) electrons. The van der Waals surface area contributed by atoms with Gasteiger partial charge in [0.15, 0.2) is 0 Å². The molecule has 2 aromatic rings. The third kappa shape index (κ3) is 2.50. The first kappa shape index (κ1) is 14.1. The Kier molecular flexibility index (Phi) is 3.58. The maximum absolute atomic E-state index is 4.62. The average Bonchev–Trinajstić information content (AvgIpc) is 2.98. The molecule has 4 rings (SSSR count). The Bertz CT molecular complexity index is 633. The minimum Gasteiger partial charge on any atom is -0.355 e. The molecule has 0 unspecified atom stereocenters. The predicted molar refractivity (Wildman–Crippen MR) is 88.1 cm³/mol. The number of aryl methyl sites for hydroxylation is 1. The van der Waals surface area contributed by atoms with Gasteiger partial charge in [-0.1, -0.05) is 0 Å².